The number of fused-ring (bicyclic) bond motifs is 1. The Hall–Kier alpha value is -5.42. The van der Waals surface area contributed by atoms with Gasteiger partial charge in [0.05, 0.1) is 17.1 Å². The van der Waals surface area contributed by atoms with Gasteiger partial charge in [0.25, 0.3) is 5.91 Å². The number of anilines is 1. The number of aliphatic carboxylic acids is 2. The molecule has 4 aromatic carbocycles. The number of nitrogens with zero attached hydrogens (tertiary/aromatic N) is 1. The van der Waals surface area contributed by atoms with E-state index in [4.69, 9.17) is 14.6 Å². The number of sulfone groups is 1. The van der Waals surface area contributed by atoms with Gasteiger partial charge in [-0.05, 0) is 60.0 Å². The molecule has 0 saturated carbocycles. The van der Waals surface area contributed by atoms with Crippen LogP contribution in [0.5, 0.6) is 11.5 Å². The van der Waals surface area contributed by atoms with Crippen LogP contribution in [0.1, 0.15) is 22.3 Å². The smallest absolute Gasteiger partial charge is 0.341 e. The van der Waals surface area contributed by atoms with Crippen LogP contribution in [-0.2, 0) is 30.8 Å². The minimum absolute atomic E-state index is 0.0910. The monoisotopic (exact) mass is 627 g/mol. The van der Waals surface area contributed by atoms with Crippen molar-refractivity contribution in [2.24, 2.45) is 0 Å². The highest BCUT2D eigenvalue weighted by atomic mass is 32.2. The lowest BCUT2D eigenvalue weighted by atomic mass is 9.98. The van der Waals surface area contributed by atoms with E-state index in [2.05, 4.69) is 0 Å². The van der Waals surface area contributed by atoms with Crippen molar-refractivity contribution in [2.75, 3.05) is 24.4 Å². The zero-order chi connectivity index (χ0) is 32.3. The summed E-state index contributed by atoms with van der Waals surface area (Å²) in [5.41, 5.74) is 5.68. The van der Waals surface area contributed by atoms with Crippen molar-refractivity contribution in [3.05, 3.63) is 107 Å². The first-order valence-corrected chi connectivity index (χ1v) is 15.7. The van der Waals surface area contributed by atoms with Crippen LogP contribution in [0.2, 0.25) is 0 Å². The molecule has 1 aliphatic rings. The number of hydrogen-bond donors (Lipinski definition) is 2. The van der Waals surface area contributed by atoms with Crippen LogP contribution in [0.4, 0.5) is 5.69 Å². The summed E-state index contributed by atoms with van der Waals surface area (Å²) in [4.78, 5) is 38.1. The third kappa shape index (κ3) is 7.22. The van der Waals surface area contributed by atoms with E-state index in [1.54, 1.807) is 29.2 Å². The van der Waals surface area contributed by atoms with Gasteiger partial charge < -0.3 is 24.6 Å². The normalized spacial score (nSPS) is 13.5. The van der Waals surface area contributed by atoms with Gasteiger partial charge in [0, 0.05) is 29.0 Å². The van der Waals surface area contributed by atoms with Crippen LogP contribution in [0.25, 0.3) is 22.8 Å². The van der Waals surface area contributed by atoms with Gasteiger partial charge in [-0.15, -0.1) is 0 Å². The van der Waals surface area contributed by atoms with E-state index in [1.165, 1.54) is 24.3 Å². The molecule has 0 saturated heterocycles. The van der Waals surface area contributed by atoms with Gasteiger partial charge in [-0.2, -0.15) is 0 Å². The van der Waals surface area contributed by atoms with Gasteiger partial charge in [-0.1, -0.05) is 54.1 Å². The highest BCUT2D eigenvalue weighted by Crippen LogP contribution is 2.42. The second-order valence-electron chi connectivity index (χ2n) is 10.5. The SMILES string of the molecule is Cc1ccc(-c2ccc3c(c2)N(Cc2ccc(S(C)(=O)=O)cc2)C(=O)/C3=C/c2ccc(OCC(=O)O)cc2OCC(=O)O)cc1. The van der Waals surface area contributed by atoms with E-state index in [0.717, 1.165) is 22.9 Å². The first-order chi connectivity index (χ1) is 21.4. The molecular weight excluding hydrogens is 598 g/mol. The average molecular weight is 628 g/mol. The molecule has 1 amide bonds. The lowest BCUT2D eigenvalue weighted by Crippen LogP contribution is -2.25. The molecule has 1 aliphatic heterocycles. The van der Waals surface area contributed by atoms with Crippen LogP contribution in [0.15, 0.2) is 89.8 Å². The predicted molar refractivity (Wildman–Crippen MR) is 168 cm³/mol. The molecule has 0 radical (unpaired) electrons. The van der Waals surface area contributed by atoms with E-state index in [9.17, 15) is 27.9 Å². The third-order valence-corrected chi connectivity index (χ3v) is 8.26. The fraction of sp³-hybridized carbons (Fsp3) is 0.147. The first-order valence-electron chi connectivity index (χ1n) is 13.8. The molecule has 0 aromatic heterocycles. The first kappa shape index (κ1) is 31.0. The van der Waals surface area contributed by atoms with Crippen LogP contribution < -0.4 is 14.4 Å². The lowest BCUT2D eigenvalue weighted by molar-refractivity contribution is -0.140. The highest BCUT2D eigenvalue weighted by Gasteiger charge is 2.33. The van der Waals surface area contributed by atoms with Gasteiger partial charge >= 0.3 is 11.9 Å². The van der Waals surface area contributed by atoms with E-state index in [0.29, 0.717) is 28.0 Å². The van der Waals surface area contributed by atoms with Crippen molar-refractivity contribution in [1.29, 1.82) is 0 Å². The fourth-order valence-electron chi connectivity index (χ4n) is 4.89. The summed E-state index contributed by atoms with van der Waals surface area (Å²) >= 11 is 0. The van der Waals surface area contributed by atoms with Gasteiger partial charge in [-0.3, -0.25) is 4.79 Å². The van der Waals surface area contributed by atoms with E-state index >= 15 is 0 Å². The molecule has 2 N–H and O–H groups in total. The molecule has 1 heterocycles. The summed E-state index contributed by atoms with van der Waals surface area (Å²) in [5.74, 6) is -2.48. The topological polar surface area (TPSA) is 148 Å². The quantitative estimate of drug-likeness (QED) is 0.217. The van der Waals surface area contributed by atoms with Gasteiger partial charge in [0.1, 0.15) is 11.5 Å². The van der Waals surface area contributed by atoms with Crippen molar-refractivity contribution in [2.45, 2.75) is 18.4 Å². The van der Waals surface area contributed by atoms with Crippen molar-refractivity contribution in [3.8, 4) is 22.6 Å². The minimum atomic E-state index is -3.39. The van der Waals surface area contributed by atoms with Gasteiger partial charge in [0.15, 0.2) is 23.1 Å². The van der Waals surface area contributed by atoms with Crippen LogP contribution >= 0.6 is 0 Å². The Labute approximate surface area is 259 Å². The second kappa shape index (κ2) is 12.7. The standard InChI is InChI=1S/C34H29NO9S/c1-21-3-7-23(8-4-21)24-10-14-28-29(15-25-9-11-26(43-19-32(36)37)17-31(25)44-20-33(38)39)34(40)35(30(28)16-24)18-22-5-12-27(13-6-22)45(2,41)42/h3-17H,18-20H2,1-2H3,(H,36,37)(H,38,39)/b29-15+. The molecule has 5 rings (SSSR count). The van der Waals surface area contributed by atoms with E-state index < -0.39 is 35.0 Å². The van der Waals surface area contributed by atoms with Crippen molar-refractivity contribution in [1.82, 2.24) is 0 Å². The Morgan fingerprint density at radius 2 is 1.47 bits per heavy atom. The van der Waals surface area contributed by atoms with E-state index in [-0.39, 0.29) is 28.8 Å². The summed E-state index contributed by atoms with van der Waals surface area (Å²) in [5, 5.41) is 18.2. The number of aryl methyl sites for hydroxylation is 1. The third-order valence-electron chi connectivity index (χ3n) is 7.13. The predicted octanol–water partition coefficient (Wildman–Crippen LogP) is 5.08. The summed E-state index contributed by atoms with van der Waals surface area (Å²) in [7, 11) is -3.39. The Balaban J connectivity index is 1.58. The molecule has 11 heteroatoms. The molecule has 0 bridgehead atoms. The average Bonchev–Trinajstić information content (AvgIpc) is 3.25. The van der Waals surface area contributed by atoms with Crippen molar-refractivity contribution >= 4 is 45.0 Å². The molecular formula is C34H29NO9S. The van der Waals surface area contributed by atoms with Crippen LogP contribution in [0.3, 0.4) is 0 Å². The van der Waals surface area contributed by atoms with Gasteiger partial charge in [-0.25, -0.2) is 18.0 Å². The van der Waals surface area contributed by atoms with E-state index in [1.807, 2.05) is 49.4 Å². The second-order valence-corrected chi connectivity index (χ2v) is 12.5. The molecule has 4 aromatic rings. The van der Waals surface area contributed by atoms with Crippen LogP contribution in [0, 0.1) is 6.92 Å². The summed E-state index contributed by atoms with van der Waals surface area (Å²) in [6.07, 6.45) is 2.73. The highest BCUT2D eigenvalue weighted by molar-refractivity contribution is 7.90. The number of ether oxygens (including phenoxy) is 2. The molecule has 0 unspecified atom stereocenters. The molecule has 0 fully saturated rings. The molecule has 230 valence electrons. The summed E-state index contributed by atoms with van der Waals surface area (Å²) in [6.45, 7) is 0.889. The number of amides is 1. The number of carboxylic acid groups (broad SMARTS) is 2. The Bertz CT molecular complexity index is 1930. The number of benzene rings is 4. The molecule has 10 nitrogen and oxygen atoms in total. The Morgan fingerprint density at radius 3 is 2.11 bits per heavy atom. The number of hydrogen-bond acceptors (Lipinski definition) is 7. The number of rotatable bonds is 11. The molecule has 45 heavy (non-hydrogen) atoms. The largest absolute Gasteiger partial charge is 0.482 e. The number of carboxylic acids is 2. The number of carbonyl (C=O) groups is 3. The lowest BCUT2D eigenvalue weighted by Gasteiger charge is -2.18. The summed E-state index contributed by atoms with van der Waals surface area (Å²) < 4.78 is 34.6. The maximum atomic E-state index is 14.0. The zero-order valence-corrected chi connectivity index (χ0v) is 25.2. The Morgan fingerprint density at radius 1 is 0.822 bits per heavy atom. The maximum Gasteiger partial charge on any atom is 0.341 e. The van der Waals surface area contributed by atoms with Crippen molar-refractivity contribution in [3.63, 3.8) is 0 Å². The maximum absolute atomic E-state index is 14.0. The van der Waals surface area contributed by atoms with Crippen molar-refractivity contribution < 1.29 is 42.5 Å². The summed E-state index contributed by atoms with van der Waals surface area (Å²) in [6, 6.07) is 24.5. The Kier molecular flexibility index (Phi) is 8.73. The molecule has 0 aliphatic carbocycles. The van der Waals surface area contributed by atoms with Crippen LogP contribution in [-0.4, -0.2) is 55.9 Å². The minimum Gasteiger partial charge on any atom is -0.482 e. The zero-order valence-electron chi connectivity index (χ0n) is 24.4. The van der Waals surface area contributed by atoms with Gasteiger partial charge in [0.2, 0.25) is 0 Å². The molecule has 0 spiro atoms. The fourth-order valence-corrected chi connectivity index (χ4v) is 5.52. The molecule has 0 atom stereocenters. The number of carbonyl (C=O) groups excluding carboxylic acids is 1.